The predicted molar refractivity (Wildman–Crippen MR) is 69.9 cm³/mol. The molecule has 0 aliphatic heterocycles. The number of hydrogen-bond acceptors (Lipinski definition) is 2. The number of nitrogens with zero attached hydrogens (tertiary/aromatic N) is 2. The van der Waals surface area contributed by atoms with Gasteiger partial charge in [-0.3, -0.25) is 4.68 Å². The normalized spacial score (nSPS) is 12.8. The lowest BCUT2D eigenvalue weighted by Gasteiger charge is -2.14. The molecule has 0 amide bonds. The van der Waals surface area contributed by atoms with Gasteiger partial charge < -0.3 is 5.32 Å². The second-order valence-electron chi connectivity index (χ2n) is 4.55. The number of alkyl halides is 2. The summed E-state index contributed by atoms with van der Waals surface area (Å²) in [4.78, 5) is 0. The molecular weight excluding hydrogens is 248 g/mol. The van der Waals surface area contributed by atoms with Crippen LogP contribution in [0.2, 0.25) is 0 Å². The zero-order valence-corrected chi connectivity index (χ0v) is 10.8. The molecule has 5 heteroatoms. The van der Waals surface area contributed by atoms with Gasteiger partial charge >= 0.3 is 0 Å². The van der Waals surface area contributed by atoms with Crippen LogP contribution in [0, 0.1) is 0 Å². The molecular formula is C14H17F2N3. The highest BCUT2D eigenvalue weighted by atomic mass is 19.3. The summed E-state index contributed by atoms with van der Waals surface area (Å²) in [7, 11) is 0. The van der Waals surface area contributed by atoms with Crippen molar-refractivity contribution in [2.45, 2.75) is 32.5 Å². The minimum atomic E-state index is -2.40. The van der Waals surface area contributed by atoms with Crippen molar-refractivity contribution in [3.8, 4) is 0 Å². The first-order valence-electron chi connectivity index (χ1n) is 6.23. The van der Waals surface area contributed by atoms with Crippen molar-refractivity contribution in [2.75, 3.05) is 0 Å². The van der Waals surface area contributed by atoms with E-state index in [0.29, 0.717) is 6.54 Å². The molecule has 0 spiro atoms. The number of aromatic nitrogens is 2. The highest BCUT2D eigenvalue weighted by Gasteiger charge is 2.06. The standard InChI is InChI=1S/C14H17F2N3/c1-11(10-19-8-2-7-18-19)17-9-12-3-5-13(6-4-12)14(15)16/h2-8,11,14,17H,9-10H2,1H3. The van der Waals surface area contributed by atoms with Gasteiger partial charge in [-0.1, -0.05) is 24.3 Å². The maximum Gasteiger partial charge on any atom is 0.263 e. The third-order valence-electron chi connectivity index (χ3n) is 2.91. The molecule has 0 bridgehead atoms. The van der Waals surface area contributed by atoms with Gasteiger partial charge in [-0.15, -0.1) is 0 Å². The van der Waals surface area contributed by atoms with Crippen LogP contribution in [0.5, 0.6) is 0 Å². The molecule has 102 valence electrons. The average molecular weight is 265 g/mol. The number of nitrogens with one attached hydrogen (secondary N) is 1. The van der Waals surface area contributed by atoms with Crippen LogP contribution in [-0.4, -0.2) is 15.8 Å². The van der Waals surface area contributed by atoms with E-state index in [9.17, 15) is 8.78 Å². The molecule has 2 rings (SSSR count). The Morgan fingerprint density at radius 1 is 1.26 bits per heavy atom. The fourth-order valence-electron chi connectivity index (χ4n) is 1.83. The van der Waals surface area contributed by atoms with Gasteiger partial charge in [0.2, 0.25) is 0 Å². The quantitative estimate of drug-likeness (QED) is 0.870. The van der Waals surface area contributed by atoms with E-state index in [1.54, 1.807) is 18.3 Å². The van der Waals surface area contributed by atoms with Crippen LogP contribution in [0.25, 0.3) is 0 Å². The van der Waals surface area contributed by atoms with Crippen LogP contribution < -0.4 is 5.32 Å². The maximum absolute atomic E-state index is 12.4. The lowest BCUT2D eigenvalue weighted by molar-refractivity contribution is 0.151. The van der Waals surface area contributed by atoms with E-state index in [-0.39, 0.29) is 11.6 Å². The minimum Gasteiger partial charge on any atom is -0.308 e. The van der Waals surface area contributed by atoms with E-state index in [1.165, 1.54) is 12.1 Å². The van der Waals surface area contributed by atoms with Crippen LogP contribution in [0.1, 0.15) is 24.5 Å². The molecule has 0 aliphatic carbocycles. The summed E-state index contributed by atoms with van der Waals surface area (Å²) in [6.07, 6.45) is 1.26. The van der Waals surface area contributed by atoms with Crippen molar-refractivity contribution in [3.05, 3.63) is 53.9 Å². The van der Waals surface area contributed by atoms with Crippen LogP contribution in [0.3, 0.4) is 0 Å². The number of hydrogen-bond donors (Lipinski definition) is 1. The van der Waals surface area contributed by atoms with Crippen molar-refractivity contribution < 1.29 is 8.78 Å². The Morgan fingerprint density at radius 3 is 2.58 bits per heavy atom. The summed E-state index contributed by atoms with van der Waals surface area (Å²) < 4.78 is 26.7. The monoisotopic (exact) mass is 265 g/mol. The SMILES string of the molecule is CC(Cn1cccn1)NCc1ccc(C(F)F)cc1. The van der Waals surface area contributed by atoms with Gasteiger partial charge in [-0.2, -0.15) is 5.10 Å². The Labute approximate surface area is 111 Å². The van der Waals surface area contributed by atoms with Gasteiger partial charge in [0.25, 0.3) is 6.43 Å². The lowest BCUT2D eigenvalue weighted by Crippen LogP contribution is -2.30. The van der Waals surface area contributed by atoms with E-state index >= 15 is 0 Å². The molecule has 3 nitrogen and oxygen atoms in total. The average Bonchev–Trinajstić information content (AvgIpc) is 2.89. The molecule has 1 aromatic heterocycles. The minimum absolute atomic E-state index is 0.0633. The van der Waals surface area contributed by atoms with Gasteiger partial charge in [0, 0.05) is 30.5 Å². The van der Waals surface area contributed by atoms with Gasteiger partial charge in [0.15, 0.2) is 0 Å². The second kappa shape index (κ2) is 6.43. The van der Waals surface area contributed by atoms with Crippen LogP contribution >= 0.6 is 0 Å². The number of benzene rings is 1. The third kappa shape index (κ3) is 4.13. The summed E-state index contributed by atoms with van der Waals surface area (Å²) in [5.74, 6) is 0. The van der Waals surface area contributed by atoms with Crippen LogP contribution in [-0.2, 0) is 13.1 Å². The molecule has 1 heterocycles. The predicted octanol–water partition coefficient (Wildman–Crippen LogP) is 3.00. The maximum atomic E-state index is 12.4. The summed E-state index contributed by atoms with van der Waals surface area (Å²) in [6.45, 7) is 3.50. The smallest absolute Gasteiger partial charge is 0.263 e. The lowest BCUT2D eigenvalue weighted by atomic mass is 10.1. The highest BCUT2D eigenvalue weighted by Crippen LogP contribution is 2.18. The molecule has 0 saturated heterocycles. The number of rotatable bonds is 6. The molecule has 1 atom stereocenters. The summed E-state index contributed by atoms with van der Waals surface area (Å²) in [5, 5.41) is 7.47. The van der Waals surface area contributed by atoms with Crippen LogP contribution in [0.4, 0.5) is 8.78 Å². The number of halogens is 2. The van der Waals surface area contributed by atoms with Gasteiger partial charge in [0.1, 0.15) is 0 Å². The molecule has 1 N–H and O–H groups in total. The summed E-state index contributed by atoms with van der Waals surface area (Å²) in [6, 6.07) is 8.55. The molecule has 0 fully saturated rings. The first-order chi connectivity index (χ1) is 9.15. The van der Waals surface area contributed by atoms with E-state index in [2.05, 4.69) is 17.3 Å². The molecule has 19 heavy (non-hydrogen) atoms. The fraction of sp³-hybridized carbons (Fsp3) is 0.357. The molecule has 1 unspecified atom stereocenters. The van der Waals surface area contributed by atoms with E-state index in [1.807, 2.05) is 16.9 Å². The first-order valence-corrected chi connectivity index (χ1v) is 6.23. The Hall–Kier alpha value is -1.75. The largest absolute Gasteiger partial charge is 0.308 e. The van der Waals surface area contributed by atoms with Crippen molar-refractivity contribution >= 4 is 0 Å². The first kappa shape index (κ1) is 13.7. The Balaban J connectivity index is 1.81. The van der Waals surface area contributed by atoms with E-state index in [0.717, 1.165) is 12.1 Å². The molecule has 0 radical (unpaired) electrons. The topological polar surface area (TPSA) is 29.9 Å². The molecule has 0 saturated carbocycles. The Bertz CT molecular complexity index is 480. The fourth-order valence-corrected chi connectivity index (χ4v) is 1.83. The Morgan fingerprint density at radius 2 is 2.00 bits per heavy atom. The van der Waals surface area contributed by atoms with Gasteiger partial charge in [0.05, 0.1) is 6.54 Å². The van der Waals surface area contributed by atoms with Crippen molar-refractivity contribution in [1.82, 2.24) is 15.1 Å². The Kier molecular flexibility index (Phi) is 4.63. The van der Waals surface area contributed by atoms with E-state index < -0.39 is 6.43 Å². The van der Waals surface area contributed by atoms with Gasteiger partial charge in [-0.25, -0.2) is 8.78 Å². The third-order valence-corrected chi connectivity index (χ3v) is 2.91. The molecule has 2 aromatic rings. The van der Waals surface area contributed by atoms with E-state index in [4.69, 9.17) is 0 Å². The highest BCUT2D eigenvalue weighted by molar-refractivity contribution is 5.23. The van der Waals surface area contributed by atoms with Crippen LogP contribution in [0.15, 0.2) is 42.7 Å². The zero-order valence-electron chi connectivity index (χ0n) is 10.8. The van der Waals surface area contributed by atoms with Crippen molar-refractivity contribution in [2.24, 2.45) is 0 Å². The summed E-state index contributed by atoms with van der Waals surface area (Å²) in [5.41, 5.74) is 1.06. The van der Waals surface area contributed by atoms with Crippen molar-refractivity contribution in [3.63, 3.8) is 0 Å². The second-order valence-corrected chi connectivity index (χ2v) is 4.55. The zero-order chi connectivity index (χ0) is 13.7. The van der Waals surface area contributed by atoms with Crippen molar-refractivity contribution in [1.29, 1.82) is 0 Å². The molecule has 1 aromatic carbocycles. The van der Waals surface area contributed by atoms with Gasteiger partial charge in [-0.05, 0) is 18.6 Å². The molecule has 0 aliphatic rings. The summed E-state index contributed by atoms with van der Waals surface area (Å²) >= 11 is 0.